The molecule has 0 amide bonds. The van der Waals surface area contributed by atoms with Crippen molar-refractivity contribution in [3.8, 4) is 0 Å². The summed E-state index contributed by atoms with van der Waals surface area (Å²) in [7, 11) is -1.86. The standard InChI is InChI=1S/C12H12Br2N2O2S2/c1-16(7-5-9-4-2-3-6-15-9)20(17,18)11-8-10(13)12(14)19-11/h2-4,6,8H,5,7H2,1H3. The number of rotatable bonds is 5. The lowest BCUT2D eigenvalue weighted by Gasteiger charge is -2.15. The van der Waals surface area contributed by atoms with Crippen molar-refractivity contribution in [1.82, 2.24) is 9.29 Å². The Balaban J connectivity index is 2.09. The second kappa shape index (κ2) is 6.65. The molecule has 2 aromatic rings. The molecule has 2 aromatic heterocycles. The second-order valence-corrected chi connectivity index (χ2v) is 9.58. The van der Waals surface area contributed by atoms with Crippen molar-refractivity contribution in [3.63, 3.8) is 0 Å². The Morgan fingerprint density at radius 1 is 1.35 bits per heavy atom. The molecule has 0 bridgehead atoms. The summed E-state index contributed by atoms with van der Waals surface area (Å²) in [6.07, 6.45) is 2.29. The summed E-state index contributed by atoms with van der Waals surface area (Å²) in [6, 6.07) is 7.23. The quantitative estimate of drug-likeness (QED) is 0.715. The summed E-state index contributed by atoms with van der Waals surface area (Å²) >= 11 is 7.81. The van der Waals surface area contributed by atoms with Gasteiger partial charge in [0.15, 0.2) is 0 Å². The van der Waals surface area contributed by atoms with E-state index in [1.807, 2.05) is 18.2 Å². The minimum absolute atomic E-state index is 0.319. The van der Waals surface area contributed by atoms with Crippen molar-refractivity contribution >= 4 is 53.2 Å². The topological polar surface area (TPSA) is 50.3 Å². The highest BCUT2D eigenvalue weighted by atomic mass is 79.9. The maximum absolute atomic E-state index is 12.4. The van der Waals surface area contributed by atoms with Crippen LogP contribution < -0.4 is 0 Å². The molecule has 0 spiro atoms. The maximum atomic E-state index is 12.4. The molecule has 0 aromatic carbocycles. The third-order valence-electron chi connectivity index (χ3n) is 2.70. The molecule has 0 aliphatic rings. The fourth-order valence-electron chi connectivity index (χ4n) is 1.55. The van der Waals surface area contributed by atoms with E-state index in [2.05, 4.69) is 36.8 Å². The Hall–Kier alpha value is -0.280. The molecule has 8 heteroatoms. The maximum Gasteiger partial charge on any atom is 0.252 e. The molecule has 20 heavy (non-hydrogen) atoms. The Morgan fingerprint density at radius 2 is 2.10 bits per heavy atom. The summed E-state index contributed by atoms with van der Waals surface area (Å²) in [6.45, 7) is 0.395. The first kappa shape index (κ1) is 16.1. The number of sulfonamides is 1. The van der Waals surface area contributed by atoms with Crippen LogP contribution in [0.4, 0.5) is 0 Å². The number of aromatic nitrogens is 1. The van der Waals surface area contributed by atoms with Crippen LogP contribution in [0.3, 0.4) is 0 Å². The third kappa shape index (κ3) is 3.67. The second-order valence-electron chi connectivity index (χ2n) is 4.08. The zero-order chi connectivity index (χ0) is 14.8. The molecule has 0 unspecified atom stereocenters. The third-order valence-corrected chi connectivity index (χ3v) is 8.26. The molecule has 0 aliphatic carbocycles. The van der Waals surface area contributed by atoms with Gasteiger partial charge in [0, 0.05) is 36.4 Å². The van der Waals surface area contributed by atoms with Crippen LogP contribution in [0.1, 0.15) is 5.69 Å². The first-order chi connectivity index (χ1) is 9.41. The minimum Gasteiger partial charge on any atom is -0.261 e. The summed E-state index contributed by atoms with van der Waals surface area (Å²) in [5, 5.41) is 0. The lowest BCUT2D eigenvalue weighted by Crippen LogP contribution is -2.28. The summed E-state index contributed by atoms with van der Waals surface area (Å²) in [5.41, 5.74) is 0.878. The average molecular weight is 440 g/mol. The molecule has 0 aliphatic heterocycles. The van der Waals surface area contributed by atoms with Gasteiger partial charge in [-0.3, -0.25) is 4.98 Å². The van der Waals surface area contributed by atoms with E-state index in [9.17, 15) is 8.42 Å². The van der Waals surface area contributed by atoms with E-state index in [1.54, 1.807) is 19.3 Å². The van der Waals surface area contributed by atoms with E-state index in [4.69, 9.17) is 0 Å². The van der Waals surface area contributed by atoms with Gasteiger partial charge in [-0.05, 0) is 50.1 Å². The molecule has 2 heterocycles. The number of hydrogen-bond donors (Lipinski definition) is 0. The highest BCUT2D eigenvalue weighted by Gasteiger charge is 2.23. The van der Waals surface area contributed by atoms with E-state index >= 15 is 0 Å². The van der Waals surface area contributed by atoms with Crippen LogP contribution in [-0.2, 0) is 16.4 Å². The van der Waals surface area contributed by atoms with Crippen LogP contribution >= 0.6 is 43.2 Å². The molecule has 108 valence electrons. The van der Waals surface area contributed by atoms with Crippen LogP contribution in [0, 0.1) is 0 Å². The molecule has 0 fully saturated rings. The Labute approximate surface area is 139 Å². The molecule has 0 saturated heterocycles. The lowest BCUT2D eigenvalue weighted by atomic mass is 10.3. The summed E-state index contributed by atoms with van der Waals surface area (Å²) < 4.78 is 28.0. The van der Waals surface area contributed by atoms with Gasteiger partial charge < -0.3 is 0 Å². The number of hydrogen-bond acceptors (Lipinski definition) is 4. The molecule has 4 nitrogen and oxygen atoms in total. The molecule has 0 atom stereocenters. The highest BCUT2D eigenvalue weighted by molar-refractivity contribution is 9.13. The number of pyridine rings is 1. The molecular formula is C12H12Br2N2O2S2. The molecule has 0 saturated carbocycles. The monoisotopic (exact) mass is 438 g/mol. The van der Waals surface area contributed by atoms with Gasteiger partial charge in [-0.15, -0.1) is 11.3 Å². The van der Waals surface area contributed by atoms with Gasteiger partial charge in [-0.1, -0.05) is 6.07 Å². The van der Waals surface area contributed by atoms with Crippen LogP contribution in [0.5, 0.6) is 0 Å². The summed E-state index contributed by atoms with van der Waals surface area (Å²) in [4.78, 5) is 4.19. The number of halogens is 2. The van der Waals surface area contributed by atoms with Crippen molar-refractivity contribution in [1.29, 1.82) is 0 Å². The molecule has 2 rings (SSSR count). The normalized spacial score (nSPS) is 12.0. The average Bonchev–Trinajstić information content (AvgIpc) is 2.78. The number of nitrogens with zero attached hydrogens (tertiary/aromatic N) is 2. The molecule has 0 radical (unpaired) electrons. The van der Waals surface area contributed by atoms with E-state index in [-0.39, 0.29) is 0 Å². The first-order valence-corrected chi connectivity index (χ1v) is 9.56. The largest absolute Gasteiger partial charge is 0.261 e. The lowest BCUT2D eigenvalue weighted by molar-refractivity contribution is 0.472. The van der Waals surface area contributed by atoms with E-state index < -0.39 is 10.0 Å². The molecule has 0 N–H and O–H groups in total. The first-order valence-electron chi connectivity index (χ1n) is 5.72. The van der Waals surface area contributed by atoms with Crippen molar-refractivity contribution < 1.29 is 8.42 Å². The minimum atomic E-state index is -3.45. The van der Waals surface area contributed by atoms with Crippen molar-refractivity contribution in [2.75, 3.05) is 13.6 Å². The van der Waals surface area contributed by atoms with E-state index in [1.165, 1.54) is 15.6 Å². The van der Waals surface area contributed by atoms with Crippen LogP contribution in [-0.4, -0.2) is 31.3 Å². The van der Waals surface area contributed by atoms with Gasteiger partial charge >= 0.3 is 0 Å². The Bertz CT molecular complexity index is 667. The highest BCUT2D eigenvalue weighted by Crippen LogP contribution is 2.35. The van der Waals surface area contributed by atoms with Crippen molar-refractivity contribution in [2.24, 2.45) is 0 Å². The van der Waals surface area contributed by atoms with Gasteiger partial charge in [-0.2, -0.15) is 4.31 Å². The van der Waals surface area contributed by atoms with Crippen molar-refractivity contribution in [3.05, 3.63) is 44.4 Å². The van der Waals surface area contributed by atoms with E-state index in [0.717, 1.165) is 14.0 Å². The number of likely N-dealkylation sites (N-methyl/N-ethyl adjacent to an activating group) is 1. The van der Waals surface area contributed by atoms with E-state index in [0.29, 0.717) is 17.2 Å². The predicted octanol–water partition coefficient (Wildman–Crippen LogP) is 3.53. The SMILES string of the molecule is CN(CCc1ccccn1)S(=O)(=O)c1cc(Br)c(Br)s1. The van der Waals surface area contributed by atoms with Crippen molar-refractivity contribution in [2.45, 2.75) is 10.6 Å². The Kier molecular flexibility index (Phi) is 5.36. The zero-order valence-electron chi connectivity index (χ0n) is 10.6. The van der Waals surface area contributed by atoms with Gasteiger partial charge in [0.1, 0.15) is 4.21 Å². The van der Waals surface area contributed by atoms with Gasteiger partial charge in [-0.25, -0.2) is 8.42 Å². The molecular weight excluding hydrogens is 428 g/mol. The predicted molar refractivity (Wildman–Crippen MR) is 87.5 cm³/mol. The summed E-state index contributed by atoms with van der Waals surface area (Å²) in [5.74, 6) is 0. The zero-order valence-corrected chi connectivity index (χ0v) is 15.4. The van der Waals surface area contributed by atoms with Crippen LogP contribution in [0.25, 0.3) is 0 Å². The van der Waals surface area contributed by atoms with Crippen LogP contribution in [0.2, 0.25) is 0 Å². The smallest absolute Gasteiger partial charge is 0.252 e. The van der Waals surface area contributed by atoms with Crippen LogP contribution in [0.15, 0.2) is 42.9 Å². The fourth-order valence-corrected chi connectivity index (χ4v) is 5.75. The van der Waals surface area contributed by atoms with Gasteiger partial charge in [0.05, 0.1) is 3.79 Å². The Morgan fingerprint density at radius 3 is 2.65 bits per heavy atom. The fraction of sp³-hybridized carbons (Fsp3) is 0.250. The number of thiophene rings is 1. The van der Waals surface area contributed by atoms with Gasteiger partial charge in [0.25, 0.3) is 10.0 Å². The van der Waals surface area contributed by atoms with Gasteiger partial charge in [0.2, 0.25) is 0 Å².